The third kappa shape index (κ3) is 3.81. The molecule has 2 rings (SSSR count). The van der Waals surface area contributed by atoms with Crippen LogP contribution in [-0.4, -0.2) is 6.54 Å². The molecule has 0 aliphatic carbocycles. The largest absolute Gasteiger partial charge is 0.399 e. The topological polar surface area (TPSA) is 29.3 Å². The first-order valence-corrected chi connectivity index (χ1v) is 7.40. The van der Waals surface area contributed by atoms with E-state index in [4.69, 9.17) is 28.9 Å². The first-order chi connectivity index (χ1) is 9.60. The van der Waals surface area contributed by atoms with E-state index in [2.05, 4.69) is 11.8 Å². The van der Waals surface area contributed by atoms with E-state index in [1.54, 1.807) is 6.07 Å². The van der Waals surface area contributed by atoms with E-state index < -0.39 is 0 Å². The summed E-state index contributed by atoms with van der Waals surface area (Å²) in [5, 5.41) is 1.45. The maximum atomic E-state index is 6.25. The molecular weight excluding hydrogens is 291 g/mol. The molecule has 0 aliphatic heterocycles. The Hall–Kier alpha value is -1.38. The minimum atomic E-state index is 0.707. The van der Waals surface area contributed by atoms with Crippen molar-refractivity contribution in [1.82, 2.24) is 0 Å². The first kappa shape index (κ1) is 15.0. The van der Waals surface area contributed by atoms with Gasteiger partial charge in [0.25, 0.3) is 0 Å². The smallest absolute Gasteiger partial charge is 0.0456 e. The SMILES string of the molecule is CCCN(Cc1cc(Cl)ccc1Cl)c1ccc(N)cc1. The predicted octanol–water partition coefficient (Wildman–Crippen LogP) is 4.99. The van der Waals surface area contributed by atoms with Gasteiger partial charge in [-0.25, -0.2) is 0 Å². The number of nitrogen functional groups attached to an aromatic ring is 1. The molecule has 0 heterocycles. The molecule has 106 valence electrons. The van der Waals surface area contributed by atoms with Gasteiger partial charge in [0, 0.05) is 34.5 Å². The summed E-state index contributed by atoms with van der Waals surface area (Å²) in [6.07, 6.45) is 1.06. The molecule has 0 fully saturated rings. The van der Waals surface area contributed by atoms with E-state index in [1.807, 2.05) is 36.4 Å². The predicted molar refractivity (Wildman–Crippen MR) is 88.7 cm³/mol. The molecule has 2 aromatic rings. The van der Waals surface area contributed by atoms with E-state index in [9.17, 15) is 0 Å². The van der Waals surface area contributed by atoms with Gasteiger partial charge in [-0.2, -0.15) is 0 Å². The van der Waals surface area contributed by atoms with Gasteiger partial charge in [0.15, 0.2) is 0 Å². The number of benzene rings is 2. The van der Waals surface area contributed by atoms with Crippen molar-refractivity contribution in [3.63, 3.8) is 0 Å². The molecule has 0 saturated carbocycles. The second-order valence-electron chi connectivity index (χ2n) is 4.75. The number of halogens is 2. The Balaban J connectivity index is 2.25. The first-order valence-electron chi connectivity index (χ1n) is 6.64. The standard InChI is InChI=1S/C16H18Cl2N2/c1-2-9-20(15-6-4-14(19)5-7-15)11-12-10-13(17)3-8-16(12)18/h3-8,10H,2,9,11,19H2,1H3. The van der Waals surface area contributed by atoms with Gasteiger partial charge in [-0.05, 0) is 54.4 Å². The summed E-state index contributed by atoms with van der Waals surface area (Å²) in [6, 6.07) is 13.5. The van der Waals surface area contributed by atoms with Crippen molar-refractivity contribution >= 4 is 34.6 Å². The molecule has 0 bridgehead atoms. The summed E-state index contributed by atoms with van der Waals surface area (Å²) >= 11 is 12.3. The van der Waals surface area contributed by atoms with Crippen molar-refractivity contribution in [2.45, 2.75) is 19.9 Å². The minimum Gasteiger partial charge on any atom is -0.399 e. The lowest BCUT2D eigenvalue weighted by Gasteiger charge is -2.25. The molecule has 0 unspecified atom stereocenters. The van der Waals surface area contributed by atoms with Crippen LogP contribution in [0.15, 0.2) is 42.5 Å². The van der Waals surface area contributed by atoms with Crippen molar-refractivity contribution in [2.75, 3.05) is 17.2 Å². The van der Waals surface area contributed by atoms with E-state index in [0.717, 1.165) is 41.5 Å². The van der Waals surface area contributed by atoms with Gasteiger partial charge in [-0.1, -0.05) is 30.1 Å². The Morgan fingerprint density at radius 3 is 2.40 bits per heavy atom. The van der Waals surface area contributed by atoms with E-state index >= 15 is 0 Å². The Morgan fingerprint density at radius 1 is 1.05 bits per heavy atom. The molecule has 0 aromatic heterocycles. The summed E-state index contributed by atoms with van der Waals surface area (Å²) in [5.41, 5.74) is 8.68. The molecule has 0 spiro atoms. The molecule has 20 heavy (non-hydrogen) atoms. The van der Waals surface area contributed by atoms with Crippen LogP contribution in [0.3, 0.4) is 0 Å². The zero-order chi connectivity index (χ0) is 14.5. The number of nitrogens with zero attached hydrogens (tertiary/aromatic N) is 1. The molecule has 0 amide bonds. The van der Waals surface area contributed by atoms with Gasteiger partial charge in [0.05, 0.1) is 0 Å². The van der Waals surface area contributed by atoms with Crippen LogP contribution < -0.4 is 10.6 Å². The summed E-state index contributed by atoms with van der Waals surface area (Å²) in [4.78, 5) is 2.27. The highest BCUT2D eigenvalue weighted by Crippen LogP contribution is 2.25. The van der Waals surface area contributed by atoms with Gasteiger partial charge in [0.2, 0.25) is 0 Å². The third-order valence-electron chi connectivity index (χ3n) is 3.12. The number of hydrogen-bond donors (Lipinski definition) is 1. The fraction of sp³-hybridized carbons (Fsp3) is 0.250. The maximum Gasteiger partial charge on any atom is 0.0456 e. The Bertz CT molecular complexity index is 567. The second-order valence-corrected chi connectivity index (χ2v) is 5.59. The van der Waals surface area contributed by atoms with Crippen molar-refractivity contribution < 1.29 is 0 Å². The van der Waals surface area contributed by atoms with Gasteiger partial charge in [-0.3, -0.25) is 0 Å². The highest BCUT2D eigenvalue weighted by atomic mass is 35.5. The van der Waals surface area contributed by atoms with Crippen LogP contribution in [0.4, 0.5) is 11.4 Å². The zero-order valence-electron chi connectivity index (χ0n) is 11.4. The molecule has 0 radical (unpaired) electrons. The van der Waals surface area contributed by atoms with Crippen LogP contribution in [-0.2, 0) is 6.54 Å². The second kappa shape index (κ2) is 6.87. The average molecular weight is 309 g/mol. The molecule has 0 saturated heterocycles. The fourth-order valence-electron chi connectivity index (χ4n) is 2.12. The minimum absolute atomic E-state index is 0.707. The molecule has 2 aromatic carbocycles. The number of nitrogens with two attached hydrogens (primary N) is 1. The van der Waals surface area contributed by atoms with Crippen LogP contribution in [0.5, 0.6) is 0 Å². The molecule has 0 aliphatic rings. The normalized spacial score (nSPS) is 10.6. The quantitative estimate of drug-likeness (QED) is 0.788. The van der Waals surface area contributed by atoms with Crippen LogP contribution in [0.2, 0.25) is 10.0 Å². The third-order valence-corrected chi connectivity index (χ3v) is 3.72. The van der Waals surface area contributed by atoms with E-state index in [0.29, 0.717) is 5.02 Å². The van der Waals surface area contributed by atoms with Crippen molar-refractivity contribution in [3.8, 4) is 0 Å². The van der Waals surface area contributed by atoms with E-state index in [-0.39, 0.29) is 0 Å². The van der Waals surface area contributed by atoms with E-state index in [1.165, 1.54) is 0 Å². The fourth-order valence-corrected chi connectivity index (χ4v) is 2.50. The lowest BCUT2D eigenvalue weighted by molar-refractivity contribution is 0.767. The highest BCUT2D eigenvalue weighted by Gasteiger charge is 2.09. The molecule has 2 nitrogen and oxygen atoms in total. The maximum absolute atomic E-state index is 6.25. The van der Waals surface area contributed by atoms with Crippen LogP contribution >= 0.6 is 23.2 Å². The monoisotopic (exact) mass is 308 g/mol. The average Bonchev–Trinajstić information content (AvgIpc) is 2.43. The van der Waals surface area contributed by atoms with Crippen molar-refractivity contribution in [1.29, 1.82) is 0 Å². The summed E-state index contributed by atoms with van der Waals surface area (Å²) in [6.45, 7) is 3.84. The molecule has 0 atom stereocenters. The highest BCUT2D eigenvalue weighted by molar-refractivity contribution is 6.33. The van der Waals surface area contributed by atoms with Crippen LogP contribution in [0.1, 0.15) is 18.9 Å². The van der Waals surface area contributed by atoms with Crippen LogP contribution in [0.25, 0.3) is 0 Å². The Kier molecular flexibility index (Phi) is 5.16. The lowest BCUT2D eigenvalue weighted by Crippen LogP contribution is -2.23. The molecule has 4 heteroatoms. The van der Waals surface area contributed by atoms with Gasteiger partial charge in [-0.15, -0.1) is 0 Å². The number of anilines is 2. The molecular formula is C16H18Cl2N2. The number of hydrogen-bond acceptors (Lipinski definition) is 2. The van der Waals surface area contributed by atoms with Gasteiger partial charge in [0.1, 0.15) is 0 Å². The van der Waals surface area contributed by atoms with Crippen molar-refractivity contribution in [3.05, 3.63) is 58.1 Å². The number of rotatable bonds is 5. The van der Waals surface area contributed by atoms with Crippen LogP contribution in [0, 0.1) is 0 Å². The zero-order valence-corrected chi connectivity index (χ0v) is 13.0. The Morgan fingerprint density at radius 2 is 1.75 bits per heavy atom. The van der Waals surface area contributed by atoms with Gasteiger partial charge >= 0.3 is 0 Å². The summed E-state index contributed by atoms with van der Waals surface area (Å²) in [5.74, 6) is 0. The van der Waals surface area contributed by atoms with Crippen molar-refractivity contribution in [2.24, 2.45) is 0 Å². The summed E-state index contributed by atoms with van der Waals surface area (Å²) in [7, 11) is 0. The Labute approximate surface area is 130 Å². The van der Waals surface area contributed by atoms with Gasteiger partial charge < -0.3 is 10.6 Å². The molecule has 2 N–H and O–H groups in total. The lowest BCUT2D eigenvalue weighted by atomic mass is 10.1. The summed E-state index contributed by atoms with van der Waals surface area (Å²) < 4.78 is 0.